The Morgan fingerprint density at radius 1 is 0.800 bits per heavy atom. The molecule has 2 rings (SSSR count). The maximum atomic E-state index is 5.81. The van der Waals surface area contributed by atoms with Crippen LogP contribution >= 0.6 is 0 Å². The summed E-state index contributed by atoms with van der Waals surface area (Å²) in [6, 6.07) is 11.7. The highest BCUT2D eigenvalue weighted by atomic mass is 16.5. The van der Waals surface area contributed by atoms with E-state index in [4.69, 9.17) is 15.2 Å². The molecule has 0 spiro atoms. The Morgan fingerprint density at radius 2 is 1.40 bits per heavy atom. The van der Waals surface area contributed by atoms with Crippen LogP contribution in [-0.2, 0) is 0 Å². The third-order valence-corrected chi connectivity index (χ3v) is 3.31. The Bertz CT molecular complexity index is 594. The highest BCUT2D eigenvalue weighted by Gasteiger charge is 2.03. The van der Waals surface area contributed by atoms with Gasteiger partial charge in [0.05, 0.1) is 5.69 Å². The van der Waals surface area contributed by atoms with E-state index in [1.165, 1.54) is 11.1 Å². The van der Waals surface area contributed by atoms with Gasteiger partial charge in [-0.3, -0.25) is 0 Å². The predicted octanol–water partition coefficient (Wildman–Crippen LogP) is 3.65. The summed E-state index contributed by atoms with van der Waals surface area (Å²) < 4.78 is 11.4. The highest BCUT2D eigenvalue weighted by Crippen LogP contribution is 2.23. The summed E-state index contributed by atoms with van der Waals surface area (Å²) in [6.45, 7) is 7.21. The first-order valence-electron chi connectivity index (χ1n) is 6.76. The van der Waals surface area contributed by atoms with Crippen molar-refractivity contribution in [1.29, 1.82) is 0 Å². The van der Waals surface area contributed by atoms with Crippen LogP contribution in [0.25, 0.3) is 0 Å². The minimum atomic E-state index is 0.473. The van der Waals surface area contributed by atoms with Crippen molar-refractivity contribution in [3.05, 3.63) is 53.1 Å². The lowest BCUT2D eigenvalue weighted by Crippen LogP contribution is -2.10. The second-order valence-electron chi connectivity index (χ2n) is 4.94. The van der Waals surface area contributed by atoms with Gasteiger partial charge in [0.2, 0.25) is 0 Å². The molecule has 106 valence electrons. The van der Waals surface area contributed by atoms with Crippen LogP contribution in [0, 0.1) is 20.8 Å². The minimum absolute atomic E-state index is 0.473. The van der Waals surface area contributed by atoms with Crippen molar-refractivity contribution < 1.29 is 9.47 Å². The van der Waals surface area contributed by atoms with Gasteiger partial charge < -0.3 is 15.2 Å². The van der Waals surface area contributed by atoms with Crippen molar-refractivity contribution in [2.75, 3.05) is 18.9 Å². The number of nitrogens with two attached hydrogens (primary N) is 1. The molecule has 0 heterocycles. The van der Waals surface area contributed by atoms with Gasteiger partial charge in [0.25, 0.3) is 0 Å². The number of benzene rings is 2. The van der Waals surface area contributed by atoms with Gasteiger partial charge in [0.1, 0.15) is 24.7 Å². The molecular weight excluding hydrogens is 250 g/mol. The molecule has 0 aliphatic carbocycles. The maximum Gasteiger partial charge on any atom is 0.142 e. The Morgan fingerprint density at radius 3 is 2.10 bits per heavy atom. The zero-order valence-corrected chi connectivity index (χ0v) is 12.3. The molecule has 3 heteroatoms. The summed E-state index contributed by atoms with van der Waals surface area (Å²) in [5.41, 5.74) is 10.1. The lowest BCUT2D eigenvalue weighted by Gasteiger charge is -2.13. The van der Waals surface area contributed by atoms with Crippen LogP contribution in [0.15, 0.2) is 36.4 Å². The van der Waals surface area contributed by atoms with Crippen LogP contribution in [0.1, 0.15) is 16.7 Å². The van der Waals surface area contributed by atoms with Crippen LogP contribution in [0.5, 0.6) is 11.5 Å². The molecule has 0 amide bonds. The number of aryl methyl sites for hydroxylation is 3. The Kier molecular flexibility index (Phi) is 4.51. The minimum Gasteiger partial charge on any atom is -0.490 e. The van der Waals surface area contributed by atoms with Crippen LogP contribution in [0.4, 0.5) is 5.69 Å². The van der Waals surface area contributed by atoms with Crippen molar-refractivity contribution in [2.45, 2.75) is 20.8 Å². The molecule has 0 aliphatic rings. The zero-order chi connectivity index (χ0) is 14.5. The summed E-state index contributed by atoms with van der Waals surface area (Å²) in [5.74, 6) is 1.62. The molecule has 0 bridgehead atoms. The number of rotatable bonds is 5. The van der Waals surface area contributed by atoms with Crippen molar-refractivity contribution in [3.8, 4) is 11.5 Å². The number of anilines is 1. The van der Waals surface area contributed by atoms with Crippen LogP contribution in [-0.4, -0.2) is 13.2 Å². The van der Waals surface area contributed by atoms with Gasteiger partial charge in [-0.15, -0.1) is 0 Å². The molecule has 0 unspecified atom stereocenters. The van der Waals surface area contributed by atoms with E-state index < -0.39 is 0 Å². The third-order valence-electron chi connectivity index (χ3n) is 3.31. The molecule has 2 aromatic carbocycles. The lowest BCUT2D eigenvalue weighted by atomic mass is 10.1. The fraction of sp³-hybridized carbons (Fsp3) is 0.294. The van der Waals surface area contributed by atoms with E-state index in [1.54, 1.807) is 0 Å². The molecule has 20 heavy (non-hydrogen) atoms. The van der Waals surface area contributed by atoms with Gasteiger partial charge in [-0.2, -0.15) is 0 Å². The van der Waals surface area contributed by atoms with E-state index in [0.29, 0.717) is 24.7 Å². The number of ether oxygens (including phenoxy) is 2. The molecule has 0 fully saturated rings. The highest BCUT2D eigenvalue weighted by molar-refractivity contribution is 5.51. The topological polar surface area (TPSA) is 44.5 Å². The molecule has 0 radical (unpaired) electrons. The average Bonchev–Trinajstić information content (AvgIpc) is 2.42. The monoisotopic (exact) mass is 271 g/mol. The van der Waals surface area contributed by atoms with Gasteiger partial charge in [0.15, 0.2) is 0 Å². The van der Waals surface area contributed by atoms with E-state index in [2.05, 4.69) is 32.9 Å². The molecule has 0 saturated carbocycles. The van der Waals surface area contributed by atoms with E-state index in [0.717, 1.165) is 11.3 Å². The summed E-state index contributed by atoms with van der Waals surface area (Å²) >= 11 is 0. The maximum absolute atomic E-state index is 5.81. The van der Waals surface area contributed by atoms with Crippen LogP contribution < -0.4 is 15.2 Å². The van der Waals surface area contributed by atoms with Crippen LogP contribution in [0.2, 0.25) is 0 Å². The number of para-hydroxylation sites is 2. The van der Waals surface area contributed by atoms with Crippen LogP contribution in [0.3, 0.4) is 0 Å². The molecule has 2 N–H and O–H groups in total. The van der Waals surface area contributed by atoms with Crippen molar-refractivity contribution in [3.63, 3.8) is 0 Å². The third kappa shape index (κ3) is 3.44. The van der Waals surface area contributed by atoms with Gasteiger partial charge >= 0.3 is 0 Å². The quantitative estimate of drug-likeness (QED) is 0.667. The normalized spacial score (nSPS) is 10.3. The Labute approximate surface area is 120 Å². The summed E-state index contributed by atoms with van der Waals surface area (Å²) in [6.07, 6.45) is 0. The SMILES string of the molecule is Cc1cc(C)c(OCCOc2ccccc2N)cc1C. The largest absolute Gasteiger partial charge is 0.490 e. The first kappa shape index (κ1) is 14.3. The summed E-state index contributed by atoms with van der Waals surface area (Å²) in [7, 11) is 0. The van der Waals surface area contributed by atoms with Crippen molar-refractivity contribution in [1.82, 2.24) is 0 Å². The smallest absolute Gasteiger partial charge is 0.142 e. The van der Waals surface area contributed by atoms with Gasteiger partial charge in [-0.05, 0) is 55.7 Å². The molecule has 0 aliphatic heterocycles. The summed E-state index contributed by atoms with van der Waals surface area (Å²) in [5, 5.41) is 0. The molecule has 3 nitrogen and oxygen atoms in total. The molecule has 0 aromatic heterocycles. The summed E-state index contributed by atoms with van der Waals surface area (Å²) in [4.78, 5) is 0. The number of nitrogen functional groups attached to an aromatic ring is 1. The van der Waals surface area contributed by atoms with Gasteiger partial charge in [-0.25, -0.2) is 0 Å². The predicted molar refractivity (Wildman–Crippen MR) is 82.5 cm³/mol. The lowest BCUT2D eigenvalue weighted by molar-refractivity contribution is 0.217. The number of hydrogen-bond acceptors (Lipinski definition) is 3. The molecule has 0 saturated heterocycles. The van der Waals surface area contributed by atoms with Crippen molar-refractivity contribution >= 4 is 5.69 Å². The molecular formula is C17H21NO2. The first-order chi connectivity index (χ1) is 9.58. The van der Waals surface area contributed by atoms with E-state index >= 15 is 0 Å². The number of hydrogen-bond donors (Lipinski definition) is 1. The van der Waals surface area contributed by atoms with E-state index in [9.17, 15) is 0 Å². The fourth-order valence-electron chi connectivity index (χ4n) is 2.00. The average molecular weight is 271 g/mol. The first-order valence-corrected chi connectivity index (χ1v) is 6.76. The Balaban J connectivity index is 1.88. The van der Waals surface area contributed by atoms with Gasteiger partial charge in [-0.1, -0.05) is 18.2 Å². The fourth-order valence-corrected chi connectivity index (χ4v) is 2.00. The van der Waals surface area contributed by atoms with Gasteiger partial charge in [0, 0.05) is 0 Å². The Hall–Kier alpha value is -2.16. The second kappa shape index (κ2) is 6.33. The molecule has 0 atom stereocenters. The van der Waals surface area contributed by atoms with Crippen molar-refractivity contribution in [2.24, 2.45) is 0 Å². The molecule has 2 aromatic rings. The standard InChI is InChI=1S/C17H21NO2/c1-12-10-14(3)17(11-13(12)2)20-9-8-19-16-7-5-4-6-15(16)18/h4-7,10-11H,8-9,18H2,1-3H3. The zero-order valence-electron chi connectivity index (χ0n) is 12.3. The second-order valence-corrected chi connectivity index (χ2v) is 4.94. The van der Waals surface area contributed by atoms with E-state index in [1.807, 2.05) is 24.3 Å². The van der Waals surface area contributed by atoms with E-state index in [-0.39, 0.29) is 0 Å².